The van der Waals surface area contributed by atoms with Crippen LogP contribution in [0.4, 0.5) is 10.5 Å². The first-order valence-corrected chi connectivity index (χ1v) is 11.5. The molecule has 6 nitrogen and oxygen atoms in total. The summed E-state index contributed by atoms with van der Waals surface area (Å²) < 4.78 is 7.46. The fourth-order valence-electron chi connectivity index (χ4n) is 2.86. The number of hydrogen-bond donors (Lipinski definition) is 1. The molecule has 0 radical (unpaired) electrons. The quantitative estimate of drug-likeness (QED) is 0.378. The Morgan fingerprint density at radius 2 is 1.77 bits per heavy atom. The smallest absolute Gasteiger partial charge is 0.294 e. The monoisotopic (exact) mass is 560 g/mol. The zero-order valence-electron chi connectivity index (χ0n) is 15.8. The Hall–Kier alpha value is -2.62. The number of benzene rings is 2. The lowest BCUT2D eigenvalue weighted by atomic mass is 10.2. The molecule has 156 valence electrons. The van der Waals surface area contributed by atoms with Gasteiger partial charge in [-0.15, -0.1) is 0 Å². The molecule has 1 N–H and O–H groups in total. The van der Waals surface area contributed by atoms with Gasteiger partial charge in [-0.05, 0) is 64.1 Å². The maximum Gasteiger partial charge on any atom is 0.294 e. The Kier molecular flexibility index (Phi) is 6.45. The number of furan rings is 1. The maximum absolute atomic E-state index is 12.7. The third-order valence-corrected chi connectivity index (χ3v) is 6.48. The van der Waals surface area contributed by atoms with Crippen molar-refractivity contribution in [2.24, 2.45) is 0 Å². The van der Waals surface area contributed by atoms with E-state index in [0.717, 1.165) is 26.7 Å². The molecule has 0 unspecified atom stereocenters. The van der Waals surface area contributed by atoms with Crippen molar-refractivity contribution >= 4 is 72.4 Å². The molecule has 0 atom stereocenters. The number of imide groups is 1. The van der Waals surface area contributed by atoms with Crippen molar-refractivity contribution < 1.29 is 18.8 Å². The summed E-state index contributed by atoms with van der Waals surface area (Å²) in [6.07, 6.45) is 1.51. The van der Waals surface area contributed by atoms with Gasteiger partial charge in [0.25, 0.3) is 11.1 Å². The average Bonchev–Trinajstić information content (AvgIpc) is 3.31. The van der Waals surface area contributed by atoms with E-state index in [-0.39, 0.29) is 11.4 Å². The van der Waals surface area contributed by atoms with E-state index >= 15 is 0 Å². The summed E-state index contributed by atoms with van der Waals surface area (Å²) in [5, 5.41) is 2.18. The second-order valence-corrected chi connectivity index (χ2v) is 9.27. The highest BCUT2D eigenvalue weighted by Gasteiger charge is 2.36. The van der Waals surface area contributed by atoms with Crippen LogP contribution in [0, 0.1) is 0 Å². The first-order valence-electron chi connectivity index (χ1n) is 9.06. The summed E-state index contributed by atoms with van der Waals surface area (Å²) >= 11 is 7.51. The highest BCUT2D eigenvalue weighted by molar-refractivity contribution is 9.10. The van der Waals surface area contributed by atoms with Crippen molar-refractivity contribution in [2.45, 2.75) is 0 Å². The summed E-state index contributed by atoms with van der Waals surface area (Å²) in [4.78, 5) is 38.4. The van der Waals surface area contributed by atoms with Crippen molar-refractivity contribution in [3.63, 3.8) is 0 Å². The molecule has 1 fully saturated rings. The van der Waals surface area contributed by atoms with E-state index in [1.165, 1.54) is 6.08 Å². The zero-order chi connectivity index (χ0) is 22.0. The van der Waals surface area contributed by atoms with Crippen LogP contribution in [-0.4, -0.2) is 28.5 Å². The number of rotatable bonds is 5. The summed E-state index contributed by atoms with van der Waals surface area (Å²) in [6.45, 7) is -0.369. The maximum atomic E-state index is 12.7. The summed E-state index contributed by atoms with van der Waals surface area (Å²) in [5.74, 6) is 0.0942. The molecule has 0 saturated carbocycles. The van der Waals surface area contributed by atoms with Gasteiger partial charge in [0, 0.05) is 20.6 Å². The third kappa shape index (κ3) is 5.00. The Bertz CT molecular complexity index is 1200. The van der Waals surface area contributed by atoms with Crippen LogP contribution >= 0.6 is 43.6 Å². The molecule has 0 aliphatic carbocycles. The van der Waals surface area contributed by atoms with Gasteiger partial charge in [-0.2, -0.15) is 0 Å². The van der Waals surface area contributed by atoms with Crippen LogP contribution in [0.2, 0.25) is 0 Å². The molecule has 31 heavy (non-hydrogen) atoms. The standard InChI is InChI=1S/C22H14Br2N2O4S/c23-14-7-5-13(6-8-14)18-10-9-15(30-18)11-19-21(28)26(22(29)31-19)12-20(27)25-17-4-2-1-3-16(17)24/h1-11H,12H2,(H,25,27)/b19-11+. The molecule has 1 saturated heterocycles. The molecule has 1 aliphatic rings. The largest absolute Gasteiger partial charge is 0.457 e. The van der Waals surface area contributed by atoms with Crippen LogP contribution in [-0.2, 0) is 9.59 Å². The van der Waals surface area contributed by atoms with E-state index < -0.39 is 17.1 Å². The van der Waals surface area contributed by atoms with Crippen molar-refractivity contribution in [1.82, 2.24) is 4.90 Å². The number of nitrogens with zero attached hydrogens (tertiary/aromatic N) is 1. The fourth-order valence-corrected chi connectivity index (χ4v) is 4.33. The van der Waals surface area contributed by atoms with Gasteiger partial charge >= 0.3 is 0 Å². The van der Waals surface area contributed by atoms with Crippen molar-refractivity contribution in [3.8, 4) is 11.3 Å². The summed E-state index contributed by atoms with van der Waals surface area (Å²) in [7, 11) is 0. The van der Waals surface area contributed by atoms with Crippen LogP contribution < -0.4 is 5.32 Å². The minimum Gasteiger partial charge on any atom is -0.457 e. The zero-order valence-corrected chi connectivity index (χ0v) is 19.8. The first kappa shape index (κ1) is 21.6. The number of carbonyl (C=O) groups is 3. The Balaban J connectivity index is 1.45. The molecule has 3 aromatic rings. The number of halogens is 2. The average molecular weight is 562 g/mol. The van der Waals surface area contributed by atoms with Crippen LogP contribution in [0.3, 0.4) is 0 Å². The second kappa shape index (κ2) is 9.25. The van der Waals surface area contributed by atoms with Gasteiger partial charge in [0.15, 0.2) is 0 Å². The number of hydrogen-bond acceptors (Lipinski definition) is 5. The number of anilines is 1. The molecular formula is C22H14Br2N2O4S. The Morgan fingerprint density at radius 3 is 2.52 bits per heavy atom. The summed E-state index contributed by atoms with van der Waals surface area (Å²) in [5.41, 5.74) is 1.45. The van der Waals surface area contributed by atoms with Crippen LogP contribution in [0.1, 0.15) is 5.76 Å². The molecule has 0 bridgehead atoms. The van der Waals surface area contributed by atoms with Gasteiger partial charge in [-0.1, -0.05) is 40.2 Å². The van der Waals surface area contributed by atoms with Gasteiger partial charge < -0.3 is 9.73 Å². The molecule has 3 amide bonds. The normalized spacial score (nSPS) is 15.0. The van der Waals surface area contributed by atoms with E-state index in [4.69, 9.17) is 4.42 Å². The number of thioether (sulfide) groups is 1. The van der Waals surface area contributed by atoms with Crippen molar-refractivity contribution in [3.05, 3.63) is 80.3 Å². The number of nitrogens with one attached hydrogen (secondary N) is 1. The third-order valence-electron chi connectivity index (χ3n) is 4.35. The minimum atomic E-state index is -0.529. The van der Waals surface area contributed by atoms with Crippen LogP contribution in [0.5, 0.6) is 0 Å². The topological polar surface area (TPSA) is 79.6 Å². The first-order chi connectivity index (χ1) is 14.9. The Labute approximate surface area is 198 Å². The van der Waals surface area contributed by atoms with E-state index in [0.29, 0.717) is 21.7 Å². The number of carbonyl (C=O) groups excluding carboxylic acids is 3. The minimum absolute atomic E-state index is 0.204. The predicted octanol–water partition coefficient (Wildman–Crippen LogP) is 6.15. The molecule has 4 rings (SSSR count). The van der Waals surface area contributed by atoms with Crippen LogP contribution in [0.25, 0.3) is 17.4 Å². The molecule has 1 aliphatic heterocycles. The van der Waals surface area contributed by atoms with Gasteiger partial charge in [0.1, 0.15) is 18.1 Å². The van der Waals surface area contributed by atoms with Gasteiger partial charge in [0.05, 0.1) is 10.6 Å². The molecule has 2 heterocycles. The lowest BCUT2D eigenvalue weighted by Gasteiger charge is -2.13. The van der Waals surface area contributed by atoms with E-state index in [1.807, 2.05) is 30.3 Å². The van der Waals surface area contributed by atoms with Crippen molar-refractivity contribution in [1.29, 1.82) is 0 Å². The van der Waals surface area contributed by atoms with Gasteiger partial charge in [-0.3, -0.25) is 19.3 Å². The predicted molar refractivity (Wildman–Crippen MR) is 127 cm³/mol. The molecule has 2 aromatic carbocycles. The number of amides is 3. The molecule has 9 heteroatoms. The summed E-state index contributed by atoms with van der Waals surface area (Å²) in [6, 6.07) is 18.2. The lowest BCUT2D eigenvalue weighted by molar-refractivity contribution is -0.127. The van der Waals surface area contributed by atoms with Crippen molar-refractivity contribution in [2.75, 3.05) is 11.9 Å². The van der Waals surface area contributed by atoms with E-state index in [2.05, 4.69) is 37.2 Å². The Morgan fingerprint density at radius 1 is 1.03 bits per heavy atom. The lowest BCUT2D eigenvalue weighted by Crippen LogP contribution is -2.36. The fraction of sp³-hybridized carbons (Fsp3) is 0.0455. The van der Waals surface area contributed by atoms with Gasteiger partial charge in [0.2, 0.25) is 5.91 Å². The number of para-hydroxylation sites is 1. The molecular weight excluding hydrogens is 548 g/mol. The molecule has 1 aromatic heterocycles. The van der Waals surface area contributed by atoms with E-state index in [9.17, 15) is 14.4 Å². The van der Waals surface area contributed by atoms with E-state index in [1.54, 1.807) is 30.3 Å². The van der Waals surface area contributed by atoms with Crippen LogP contribution in [0.15, 0.2) is 78.9 Å². The SMILES string of the molecule is O=C(CN1C(=O)S/C(=C/c2ccc(-c3ccc(Br)cc3)o2)C1=O)Nc1ccccc1Br. The highest BCUT2D eigenvalue weighted by atomic mass is 79.9. The highest BCUT2D eigenvalue weighted by Crippen LogP contribution is 2.33. The molecule has 0 spiro atoms. The second-order valence-electron chi connectivity index (χ2n) is 6.50. The van der Waals surface area contributed by atoms with Gasteiger partial charge in [-0.25, -0.2) is 0 Å².